The second-order valence-electron chi connectivity index (χ2n) is 6.08. The highest BCUT2D eigenvalue weighted by molar-refractivity contribution is 6.24. The number of phenols is 1. The molecule has 0 saturated heterocycles. The topological polar surface area (TPSA) is 75.6 Å². The molecule has 0 atom stereocenters. The van der Waals surface area contributed by atoms with Gasteiger partial charge in [-0.25, -0.2) is 22.4 Å². The number of benzene rings is 2. The highest BCUT2D eigenvalue weighted by Crippen LogP contribution is 2.29. The van der Waals surface area contributed by atoms with Crippen molar-refractivity contribution in [3.8, 4) is 5.75 Å². The van der Waals surface area contributed by atoms with Crippen LogP contribution in [-0.2, 0) is 9.53 Å². The lowest BCUT2D eigenvalue weighted by Crippen LogP contribution is -2.19. The van der Waals surface area contributed by atoms with Crippen molar-refractivity contribution >= 4 is 17.4 Å². The molecule has 0 radical (unpaired) electrons. The number of hydrogen-bond donors (Lipinski definition) is 2. The number of carbonyl (C=O) groups is 2. The SMILES string of the molecule is CCOC(=O)C(=CNc1cc(C)cc(C)c1O)C(=O)c1cc(F)c(F)c(F)c1F. The Hall–Kier alpha value is -3.36. The van der Waals surface area contributed by atoms with E-state index in [4.69, 9.17) is 4.74 Å². The zero-order valence-electron chi connectivity index (χ0n) is 15.7. The van der Waals surface area contributed by atoms with Crippen molar-refractivity contribution < 1.29 is 37.0 Å². The quantitative estimate of drug-likeness (QED) is 0.0853. The first-order valence-electron chi connectivity index (χ1n) is 8.40. The summed E-state index contributed by atoms with van der Waals surface area (Å²) in [4.78, 5) is 24.7. The van der Waals surface area contributed by atoms with Crippen LogP contribution in [0.25, 0.3) is 0 Å². The third-order valence-electron chi connectivity index (χ3n) is 3.90. The molecule has 0 spiro atoms. The van der Waals surface area contributed by atoms with Crippen LogP contribution in [0.15, 0.2) is 30.0 Å². The number of ether oxygens (including phenoxy) is 1. The minimum absolute atomic E-state index is 0.119. The summed E-state index contributed by atoms with van der Waals surface area (Å²) in [5, 5.41) is 12.6. The number of esters is 1. The maximum Gasteiger partial charge on any atom is 0.343 e. The summed E-state index contributed by atoms with van der Waals surface area (Å²) >= 11 is 0. The van der Waals surface area contributed by atoms with Crippen molar-refractivity contribution in [3.63, 3.8) is 0 Å². The molecular weight excluding hydrogens is 394 g/mol. The van der Waals surface area contributed by atoms with Crippen LogP contribution < -0.4 is 5.32 Å². The first-order valence-corrected chi connectivity index (χ1v) is 8.40. The number of nitrogens with one attached hydrogen (secondary N) is 1. The van der Waals surface area contributed by atoms with Gasteiger partial charge in [-0.2, -0.15) is 0 Å². The molecule has 0 aliphatic heterocycles. The van der Waals surface area contributed by atoms with E-state index in [9.17, 15) is 32.3 Å². The van der Waals surface area contributed by atoms with Gasteiger partial charge in [0.15, 0.2) is 23.3 Å². The lowest BCUT2D eigenvalue weighted by molar-refractivity contribution is -0.138. The third-order valence-corrected chi connectivity index (χ3v) is 3.90. The normalized spacial score (nSPS) is 11.3. The Bertz CT molecular complexity index is 1020. The van der Waals surface area contributed by atoms with Gasteiger partial charge in [0.1, 0.15) is 11.3 Å². The molecule has 2 aromatic carbocycles. The Kier molecular flexibility index (Phi) is 6.63. The van der Waals surface area contributed by atoms with E-state index in [1.807, 2.05) is 0 Å². The zero-order valence-corrected chi connectivity index (χ0v) is 15.7. The Balaban J connectivity index is 2.53. The number of anilines is 1. The Morgan fingerprint density at radius 3 is 2.34 bits per heavy atom. The number of aryl methyl sites for hydroxylation is 2. The van der Waals surface area contributed by atoms with Crippen LogP contribution in [0.5, 0.6) is 5.75 Å². The van der Waals surface area contributed by atoms with Gasteiger partial charge in [-0.3, -0.25) is 4.79 Å². The number of halogens is 4. The summed E-state index contributed by atoms with van der Waals surface area (Å²) in [7, 11) is 0. The van der Waals surface area contributed by atoms with Crippen molar-refractivity contribution in [2.75, 3.05) is 11.9 Å². The molecule has 2 N–H and O–H groups in total. The van der Waals surface area contributed by atoms with Gasteiger partial charge in [-0.05, 0) is 44.0 Å². The van der Waals surface area contributed by atoms with E-state index in [2.05, 4.69) is 5.32 Å². The predicted molar refractivity (Wildman–Crippen MR) is 96.5 cm³/mol. The largest absolute Gasteiger partial charge is 0.505 e. The number of Topliss-reactive ketones (excluding diaryl/α,β-unsaturated/α-hetero) is 1. The van der Waals surface area contributed by atoms with E-state index >= 15 is 0 Å². The maximum atomic E-state index is 14.0. The molecule has 0 amide bonds. The van der Waals surface area contributed by atoms with Crippen molar-refractivity contribution in [2.24, 2.45) is 0 Å². The van der Waals surface area contributed by atoms with Gasteiger partial charge in [0, 0.05) is 6.20 Å². The third kappa shape index (κ3) is 4.56. The summed E-state index contributed by atoms with van der Waals surface area (Å²) in [6, 6.07) is 3.34. The van der Waals surface area contributed by atoms with Crippen LogP contribution in [0.2, 0.25) is 0 Å². The second-order valence-corrected chi connectivity index (χ2v) is 6.08. The van der Waals surface area contributed by atoms with Crippen LogP contribution in [0.1, 0.15) is 28.4 Å². The molecule has 0 heterocycles. The summed E-state index contributed by atoms with van der Waals surface area (Å²) in [6.45, 7) is 4.65. The fraction of sp³-hybridized carbons (Fsp3) is 0.200. The number of aromatic hydroxyl groups is 1. The van der Waals surface area contributed by atoms with Crippen LogP contribution >= 0.6 is 0 Å². The Labute approximate surface area is 163 Å². The van der Waals surface area contributed by atoms with Crippen molar-refractivity contribution in [2.45, 2.75) is 20.8 Å². The Morgan fingerprint density at radius 1 is 1.07 bits per heavy atom. The van der Waals surface area contributed by atoms with E-state index in [1.165, 1.54) is 13.0 Å². The van der Waals surface area contributed by atoms with E-state index in [0.717, 1.165) is 11.8 Å². The monoisotopic (exact) mass is 411 g/mol. The van der Waals surface area contributed by atoms with Gasteiger partial charge in [0.2, 0.25) is 5.78 Å². The molecule has 0 bridgehead atoms. The van der Waals surface area contributed by atoms with E-state index in [1.54, 1.807) is 19.9 Å². The number of hydrogen-bond acceptors (Lipinski definition) is 5. The van der Waals surface area contributed by atoms with E-state index < -0.39 is 46.2 Å². The van der Waals surface area contributed by atoms with Crippen LogP contribution in [0, 0.1) is 37.1 Å². The molecule has 0 fully saturated rings. The van der Waals surface area contributed by atoms with E-state index in [0.29, 0.717) is 5.56 Å². The van der Waals surface area contributed by atoms with Crippen molar-refractivity contribution in [3.05, 3.63) is 69.9 Å². The summed E-state index contributed by atoms with van der Waals surface area (Å²) < 4.78 is 58.8. The maximum absolute atomic E-state index is 14.0. The molecule has 29 heavy (non-hydrogen) atoms. The number of rotatable bonds is 6. The molecule has 2 rings (SSSR count). The highest BCUT2D eigenvalue weighted by Gasteiger charge is 2.28. The van der Waals surface area contributed by atoms with Crippen LogP contribution in [0.4, 0.5) is 23.2 Å². The fourth-order valence-electron chi connectivity index (χ4n) is 2.53. The lowest BCUT2D eigenvalue weighted by Gasteiger charge is -2.11. The molecule has 9 heteroatoms. The fourth-order valence-corrected chi connectivity index (χ4v) is 2.53. The molecule has 0 aromatic heterocycles. The minimum atomic E-state index is -2.18. The smallest absolute Gasteiger partial charge is 0.343 e. The molecular formula is C20H17F4NO4. The summed E-state index contributed by atoms with van der Waals surface area (Å²) in [6.07, 6.45) is 0.812. The second kappa shape index (κ2) is 8.76. The van der Waals surface area contributed by atoms with Gasteiger partial charge in [0.05, 0.1) is 17.9 Å². The summed E-state index contributed by atoms with van der Waals surface area (Å²) in [5.74, 6) is -10.8. The minimum Gasteiger partial charge on any atom is -0.505 e. The van der Waals surface area contributed by atoms with Gasteiger partial charge in [-0.15, -0.1) is 0 Å². The molecule has 154 valence electrons. The average molecular weight is 411 g/mol. The Morgan fingerprint density at radius 2 is 1.72 bits per heavy atom. The number of carbonyl (C=O) groups excluding carboxylic acids is 2. The number of phenolic OH excluding ortho intramolecular Hbond substituents is 1. The molecule has 0 aliphatic carbocycles. The van der Waals surface area contributed by atoms with Gasteiger partial charge in [0.25, 0.3) is 0 Å². The predicted octanol–water partition coefficient (Wildman–Crippen LogP) is 4.31. The van der Waals surface area contributed by atoms with Gasteiger partial charge in [-0.1, -0.05) is 6.07 Å². The molecule has 2 aromatic rings. The summed E-state index contributed by atoms with van der Waals surface area (Å²) in [5.41, 5.74) is -0.636. The molecule has 0 aliphatic rings. The number of ketones is 1. The standard InChI is InChI=1S/C20H17F4NO4/c1-4-29-20(28)12(8-25-14-6-9(2)5-10(3)18(14)26)19(27)11-7-13(21)16(23)17(24)15(11)22/h5-8,25-26H,4H2,1-3H3. The van der Waals surface area contributed by atoms with Gasteiger partial charge < -0.3 is 15.2 Å². The van der Waals surface area contributed by atoms with Crippen molar-refractivity contribution in [1.29, 1.82) is 0 Å². The zero-order chi connectivity index (χ0) is 21.9. The molecule has 0 saturated carbocycles. The average Bonchev–Trinajstić information content (AvgIpc) is 2.66. The molecule has 0 unspecified atom stereocenters. The first-order chi connectivity index (χ1) is 13.6. The first kappa shape index (κ1) is 21.9. The highest BCUT2D eigenvalue weighted by atomic mass is 19.2. The van der Waals surface area contributed by atoms with Crippen LogP contribution in [-0.4, -0.2) is 23.5 Å². The van der Waals surface area contributed by atoms with Gasteiger partial charge >= 0.3 is 5.97 Å². The van der Waals surface area contributed by atoms with Crippen LogP contribution in [0.3, 0.4) is 0 Å². The lowest BCUT2D eigenvalue weighted by atomic mass is 10.0. The van der Waals surface area contributed by atoms with Crippen molar-refractivity contribution in [1.82, 2.24) is 0 Å². The van der Waals surface area contributed by atoms with E-state index in [-0.39, 0.29) is 24.1 Å². The molecule has 5 nitrogen and oxygen atoms in total.